The smallest absolute Gasteiger partial charge is 0.255 e. The summed E-state index contributed by atoms with van der Waals surface area (Å²) in [7, 11) is 0. The average molecular weight is 406 g/mol. The van der Waals surface area contributed by atoms with E-state index in [0.29, 0.717) is 18.0 Å². The minimum absolute atomic E-state index is 0.0231. The van der Waals surface area contributed by atoms with Crippen molar-refractivity contribution in [2.24, 2.45) is 0 Å². The van der Waals surface area contributed by atoms with Crippen LogP contribution in [0.3, 0.4) is 0 Å². The summed E-state index contributed by atoms with van der Waals surface area (Å²) in [5, 5.41) is 1.92. The fourth-order valence-electron chi connectivity index (χ4n) is 3.69. The largest absolute Gasteiger partial charge is 0.454 e. The molecule has 2 aliphatic rings. The van der Waals surface area contributed by atoms with Crippen LogP contribution in [0.5, 0.6) is 11.5 Å². The van der Waals surface area contributed by atoms with Gasteiger partial charge in [0, 0.05) is 17.1 Å². The number of nitrogens with zero attached hydrogens (tertiary/aromatic N) is 2. The lowest BCUT2D eigenvalue weighted by molar-refractivity contribution is -0.144. The zero-order chi connectivity index (χ0) is 19.8. The van der Waals surface area contributed by atoms with Crippen molar-refractivity contribution in [2.75, 3.05) is 18.2 Å². The predicted molar refractivity (Wildman–Crippen MR) is 109 cm³/mol. The summed E-state index contributed by atoms with van der Waals surface area (Å²) in [5.74, 6) is 1.17. The number of amides is 2. The molecule has 6 nitrogen and oxygen atoms in total. The van der Waals surface area contributed by atoms with Crippen LogP contribution in [0.2, 0.25) is 0 Å². The van der Waals surface area contributed by atoms with Gasteiger partial charge in [-0.15, -0.1) is 11.3 Å². The first-order chi connectivity index (χ1) is 14.2. The number of anilines is 1. The third kappa shape index (κ3) is 3.23. The summed E-state index contributed by atoms with van der Waals surface area (Å²) in [5.41, 5.74) is 1.63. The first-order valence-corrected chi connectivity index (χ1v) is 10.2. The summed E-state index contributed by atoms with van der Waals surface area (Å²) in [6.45, 7) is 0.547. The third-order valence-electron chi connectivity index (χ3n) is 5.10. The molecule has 0 unspecified atom stereocenters. The zero-order valence-electron chi connectivity index (χ0n) is 15.5. The molecule has 0 spiro atoms. The van der Waals surface area contributed by atoms with E-state index in [1.165, 1.54) is 11.3 Å². The van der Waals surface area contributed by atoms with E-state index >= 15 is 0 Å². The Kier molecular flexibility index (Phi) is 4.44. The van der Waals surface area contributed by atoms with Crippen LogP contribution in [-0.2, 0) is 16.1 Å². The minimum Gasteiger partial charge on any atom is -0.454 e. The quantitative estimate of drug-likeness (QED) is 0.664. The number of hydrogen-bond donors (Lipinski definition) is 0. The van der Waals surface area contributed by atoms with Gasteiger partial charge < -0.3 is 19.3 Å². The highest BCUT2D eigenvalue weighted by Gasteiger charge is 2.41. The van der Waals surface area contributed by atoms with Crippen LogP contribution in [0.25, 0.3) is 0 Å². The molecule has 0 radical (unpaired) electrons. The van der Waals surface area contributed by atoms with Gasteiger partial charge in [-0.25, -0.2) is 0 Å². The van der Waals surface area contributed by atoms with Gasteiger partial charge in [0.05, 0.1) is 0 Å². The van der Waals surface area contributed by atoms with Crippen molar-refractivity contribution < 1.29 is 19.1 Å². The summed E-state index contributed by atoms with van der Waals surface area (Å²) in [6.07, 6.45) is 0. The van der Waals surface area contributed by atoms with Gasteiger partial charge in [0.15, 0.2) is 11.5 Å². The molecule has 146 valence electrons. The molecule has 2 amide bonds. The van der Waals surface area contributed by atoms with Crippen LogP contribution >= 0.6 is 11.3 Å². The van der Waals surface area contributed by atoms with Crippen molar-refractivity contribution in [1.29, 1.82) is 0 Å². The Morgan fingerprint density at radius 2 is 1.79 bits per heavy atom. The second-order valence-electron chi connectivity index (χ2n) is 6.89. The Morgan fingerprint density at radius 1 is 0.966 bits per heavy atom. The maximum Gasteiger partial charge on any atom is 0.255 e. The van der Waals surface area contributed by atoms with Crippen LogP contribution in [0.1, 0.15) is 16.5 Å². The Bertz CT molecular complexity index is 1050. The summed E-state index contributed by atoms with van der Waals surface area (Å²) < 4.78 is 10.8. The second-order valence-corrected chi connectivity index (χ2v) is 7.87. The first kappa shape index (κ1) is 17.8. The topological polar surface area (TPSA) is 59.1 Å². The molecule has 0 N–H and O–H groups in total. The maximum atomic E-state index is 13.5. The number of carbonyl (C=O) groups is 2. The Labute approximate surface area is 171 Å². The van der Waals surface area contributed by atoms with Crippen LogP contribution < -0.4 is 14.4 Å². The van der Waals surface area contributed by atoms with Crippen molar-refractivity contribution in [2.45, 2.75) is 12.6 Å². The number of thiophene rings is 1. The zero-order valence-corrected chi connectivity index (χ0v) is 16.3. The van der Waals surface area contributed by atoms with E-state index in [-0.39, 0.29) is 25.2 Å². The lowest BCUT2D eigenvalue weighted by Crippen LogP contribution is -2.55. The standard InChI is InChI=1S/C22H18N2O4S/c25-20-13-23(16-5-2-1-3-6-16)22(26)21(19-7-4-10-29-19)24(20)12-15-8-9-17-18(11-15)28-14-27-17/h1-11,21H,12-14H2/t21-/m1/s1. The molecule has 1 saturated heterocycles. The number of piperazine rings is 1. The summed E-state index contributed by atoms with van der Waals surface area (Å²) >= 11 is 1.48. The number of fused-ring (bicyclic) bond motifs is 1. The van der Waals surface area contributed by atoms with Crippen molar-refractivity contribution in [1.82, 2.24) is 4.90 Å². The highest BCUT2D eigenvalue weighted by Crippen LogP contribution is 2.36. The number of rotatable bonds is 4. The molecule has 3 heterocycles. The summed E-state index contributed by atoms with van der Waals surface area (Å²) in [6, 6.07) is 18.1. The molecule has 2 aromatic carbocycles. The van der Waals surface area contributed by atoms with Gasteiger partial charge >= 0.3 is 0 Å². The molecular weight excluding hydrogens is 388 g/mol. The van der Waals surface area contributed by atoms with Crippen LogP contribution in [0.4, 0.5) is 5.69 Å². The average Bonchev–Trinajstić information content (AvgIpc) is 3.43. The van der Waals surface area contributed by atoms with Gasteiger partial charge in [-0.1, -0.05) is 30.3 Å². The second kappa shape index (κ2) is 7.25. The van der Waals surface area contributed by atoms with E-state index in [2.05, 4.69) is 0 Å². The monoisotopic (exact) mass is 406 g/mol. The minimum atomic E-state index is -0.651. The molecule has 1 aromatic heterocycles. The molecule has 2 aliphatic heterocycles. The molecule has 0 saturated carbocycles. The van der Waals surface area contributed by atoms with Crippen molar-refractivity contribution in [3.63, 3.8) is 0 Å². The van der Waals surface area contributed by atoms with Crippen LogP contribution in [0.15, 0.2) is 66.0 Å². The van der Waals surface area contributed by atoms with E-state index in [1.54, 1.807) is 9.80 Å². The van der Waals surface area contributed by atoms with E-state index in [0.717, 1.165) is 16.1 Å². The van der Waals surface area contributed by atoms with Gasteiger partial charge in [0.1, 0.15) is 12.6 Å². The maximum absolute atomic E-state index is 13.5. The van der Waals surface area contributed by atoms with Gasteiger partial charge in [-0.3, -0.25) is 9.59 Å². The first-order valence-electron chi connectivity index (χ1n) is 9.28. The fraction of sp³-hybridized carbons (Fsp3) is 0.182. The highest BCUT2D eigenvalue weighted by molar-refractivity contribution is 7.10. The fourth-order valence-corrected chi connectivity index (χ4v) is 4.52. The van der Waals surface area contributed by atoms with E-state index < -0.39 is 6.04 Å². The van der Waals surface area contributed by atoms with Crippen LogP contribution in [-0.4, -0.2) is 30.1 Å². The van der Waals surface area contributed by atoms with Gasteiger partial charge in [0.2, 0.25) is 12.7 Å². The molecule has 0 bridgehead atoms. The lowest BCUT2D eigenvalue weighted by atomic mass is 10.1. The number of hydrogen-bond acceptors (Lipinski definition) is 5. The molecule has 5 rings (SSSR count). The van der Waals surface area contributed by atoms with E-state index in [9.17, 15) is 9.59 Å². The molecule has 7 heteroatoms. The van der Waals surface area contributed by atoms with Crippen molar-refractivity contribution >= 4 is 28.8 Å². The molecule has 3 aromatic rings. The number of benzene rings is 2. The molecular formula is C22H18N2O4S. The highest BCUT2D eigenvalue weighted by atomic mass is 32.1. The summed E-state index contributed by atoms with van der Waals surface area (Å²) in [4.78, 5) is 30.7. The van der Waals surface area contributed by atoms with Crippen molar-refractivity contribution in [3.05, 3.63) is 76.5 Å². The Balaban J connectivity index is 1.49. The molecule has 1 fully saturated rings. The number of carbonyl (C=O) groups excluding carboxylic acids is 2. The normalized spacial score (nSPS) is 18.4. The van der Waals surface area contributed by atoms with Crippen LogP contribution in [0, 0.1) is 0 Å². The van der Waals surface area contributed by atoms with Crippen molar-refractivity contribution in [3.8, 4) is 11.5 Å². The number of para-hydroxylation sites is 1. The molecule has 0 aliphatic carbocycles. The van der Waals surface area contributed by atoms with Gasteiger partial charge in [0.25, 0.3) is 5.91 Å². The van der Waals surface area contributed by atoms with Gasteiger partial charge in [-0.2, -0.15) is 0 Å². The predicted octanol–water partition coefficient (Wildman–Crippen LogP) is 3.59. The molecule has 29 heavy (non-hydrogen) atoms. The van der Waals surface area contributed by atoms with E-state index in [4.69, 9.17) is 9.47 Å². The SMILES string of the molecule is O=C1[C@@H](c2cccs2)N(Cc2ccc3c(c2)OCO3)C(=O)CN1c1ccccc1. The Morgan fingerprint density at radius 3 is 2.59 bits per heavy atom. The van der Waals surface area contributed by atoms with E-state index in [1.807, 2.05) is 66.0 Å². The number of ether oxygens (including phenoxy) is 2. The van der Waals surface area contributed by atoms with Gasteiger partial charge in [-0.05, 0) is 41.3 Å². The Hall–Kier alpha value is -3.32. The molecule has 1 atom stereocenters. The third-order valence-corrected chi connectivity index (χ3v) is 6.02. The lowest BCUT2D eigenvalue weighted by Gasteiger charge is -2.40.